The van der Waals surface area contributed by atoms with E-state index in [0.29, 0.717) is 23.8 Å². The van der Waals surface area contributed by atoms with Crippen LogP contribution in [-0.2, 0) is 11.2 Å². The summed E-state index contributed by atoms with van der Waals surface area (Å²) in [5.74, 6) is 0.310. The van der Waals surface area contributed by atoms with Gasteiger partial charge in [0, 0.05) is 5.69 Å². The maximum Gasteiger partial charge on any atom is 0.226 e. The maximum atomic E-state index is 14.1. The van der Waals surface area contributed by atoms with Gasteiger partial charge in [-0.15, -0.1) is 0 Å². The van der Waals surface area contributed by atoms with E-state index < -0.39 is 5.82 Å². The van der Waals surface area contributed by atoms with E-state index in [-0.39, 0.29) is 24.1 Å². The highest BCUT2D eigenvalue weighted by atomic mass is 19.1. The van der Waals surface area contributed by atoms with Gasteiger partial charge in [0.05, 0.1) is 24.8 Å². The van der Waals surface area contributed by atoms with Crippen molar-refractivity contribution in [3.63, 3.8) is 0 Å². The SMILES string of the molecule is Cc1cc(CC(=O)N[C@@H](C)c2ccc(OCC3CC3)c(F)c2)n[nH]1. The van der Waals surface area contributed by atoms with Crippen LogP contribution < -0.4 is 10.1 Å². The first-order valence-corrected chi connectivity index (χ1v) is 8.24. The predicted octanol–water partition coefficient (Wildman–Crippen LogP) is 3.07. The van der Waals surface area contributed by atoms with Gasteiger partial charge in [0.1, 0.15) is 0 Å². The van der Waals surface area contributed by atoms with Crippen molar-refractivity contribution in [3.05, 3.63) is 47.0 Å². The van der Waals surface area contributed by atoms with Crippen molar-refractivity contribution in [1.82, 2.24) is 15.5 Å². The second kappa shape index (κ2) is 7.03. The summed E-state index contributed by atoms with van der Waals surface area (Å²) < 4.78 is 19.6. The highest BCUT2D eigenvalue weighted by molar-refractivity contribution is 5.78. The molecule has 0 aliphatic heterocycles. The van der Waals surface area contributed by atoms with Gasteiger partial charge in [-0.05, 0) is 56.4 Å². The van der Waals surface area contributed by atoms with Gasteiger partial charge in [-0.2, -0.15) is 5.10 Å². The van der Waals surface area contributed by atoms with Gasteiger partial charge in [-0.3, -0.25) is 9.89 Å². The third-order valence-corrected chi connectivity index (χ3v) is 4.11. The average molecular weight is 331 g/mol. The second-order valence-corrected chi connectivity index (χ2v) is 6.45. The molecule has 1 aliphatic carbocycles. The standard InChI is InChI=1S/C18H22FN3O2/c1-11-7-15(22-21-11)9-18(23)20-12(2)14-5-6-17(16(19)8-14)24-10-13-3-4-13/h5-8,12-13H,3-4,9-10H2,1-2H3,(H,20,23)(H,21,22)/t12-/m0/s1. The minimum absolute atomic E-state index is 0.150. The van der Waals surface area contributed by atoms with Gasteiger partial charge in [0.25, 0.3) is 0 Å². The van der Waals surface area contributed by atoms with Crippen LogP contribution in [0.2, 0.25) is 0 Å². The molecule has 1 amide bonds. The third kappa shape index (κ3) is 4.34. The number of hydrogen-bond acceptors (Lipinski definition) is 3. The smallest absolute Gasteiger partial charge is 0.226 e. The zero-order valence-electron chi connectivity index (χ0n) is 13.9. The Hall–Kier alpha value is -2.37. The molecule has 1 aliphatic rings. The normalized spacial score (nSPS) is 15.1. The average Bonchev–Trinajstić information content (AvgIpc) is 3.27. The molecule has 0 bridgehead atoms. The Morgan fingerprint density at radius 3 is 2.88 bits per heavy atom. The first kappa shape index (κ1) is 16.5. The molecular weight excluding hydrogens is 309 g/mol. The molecule has 128 valence electrons. The maximum absolute atomic E-state index is 14.1. The van der Waals surface area contributed by atoms with Crippen molar-refractivity contribution < 1.29 is 13.9 Å². The van der Waals surface area contributed by atoms with Crippen LogP contribution in [0.3, 0.4) is 0 Å². The summed E-state index contributed by atoms with van der Waals surface area (Å²) in [6.45, 7) is 4.28. The molecule has 0 radical (unpaired) electrons. The lowest BCUT2D eigenvalue weighted by atomic mass is 10.1. The number of hydrogen-bond donors (Lipinski definition) is 2. The van der Waals surface area contributed by atoms with Crippen LogP contribution >= 0.6 is 0 Å². The fourth-order valence-electron chi connectivity index (χ4n) is 2.50. The van der Waals surface area contributed by atoms with Crippen molar-refractivity contribution in [1.29, 1.82) is 0 Å². The number of halogens is 1. The Balaban J connectivity index is 1.56. The Morgan fingerprint density at radius 1 is 1.46 bits per heavy atom. The van der Waals surface area contributed by atoms with Crippen LogP contribution in [0.15, 0.2) is 24.3 Å². The van der Waals surface area contributed by atoms with E-state index in [0.717, 1.165) is 18.5 Å². The van der Waals surface area contributed by atoms with E-state index >= 15 is 0 Å². The minimum Gasteiger partial charge on any atom is -0.490 e. The number of rotatable bonds is 7. The lowest BCUT2D eigenvalue weighted by Crippen LogP contribution is -2.28. The van der Waals surface area contributed by atoms with Crippen LogP contribution in [0.1, 0.15) is 42.8 Å². The van der Waals surface area contributed by atoms with Crippen LogP contribution in [0.25, 0.3) is 0 Å². The van der Waals surface area contributed by atoms with Crippen molar-refractivity contribution in [3.8, 4) is 5.75 Å². The summed E-state index contributed by atoms with van der Waals surface area (Å²) >= 11 is 0. The first-order chi connectivity index (χ1) is 11.5. The quantitative estimate of drug-likeness (QED) is 0.819. The zero-order chi connectivity index (χ0) is 17.1. The molecular formula is C18H22FN3O2. The van der Waals surface area contributed by atoms with Gasteiger partial charge < -0.3 is 10.1 Å². The third-order valence-electron chi connectivity index (χ3n) is 4.11. The van der Waals surface area contributed by atoms with E-state index in [2.05, 4.69) is 15.5 Å². The van der Waals surface area contributed by atoms with Gasteiger partial charge in [-0.1, -0.05) is 6.07 Å². The highest BCUT2D eigenvalue weighted by Gasteiger charge is 2.22. The van der Waals surface area contributed by atoms with E-state index in [1.54, 1.807) is 12.1 Å². The second-order valence-electron chi connectivity index (χ2n) is 6.45. The fraction of sp³-hybridized carbons (Fsp3) is 0.444. The van der Waals surface area contributed by atoms with Gasteiger partial charge in [0.15, 0.2) is 11.6 Å². The Bertz CT molecular complexity index is 725. The number of aromatic nitrogens is 2. The molecule has 1 atom stereocenters. The number of ether oxygens (including phenoxy) is 1. The number of nitrogens with zero attached hydrogens (tertiary/aromatic N) is 1. The molecule has 3 rings (SSSR count). The molecule has 0 spiro atoms. The summed E-state index contributed by atoms with van der Waals surface area (Å²) in [6.07, 6.45) is 2.52. The number of benzene rings is 1. The number of amides is 1. The number of H-pyrrole nitrogens is 1. The molecule has 0 unspecified atom stereocenters. The van der Waals surface area contributed by atoms with Crippen molar-refractivity contribution in [2.24, 2.45) is 5.92 Å². The van der Waals surface area contributed by atoms with E-state index in [1.165, 1.54) is 6.07 Å². The van der Waals surface area contributed by atoms with E-state index in [1.807, 2.05) is 19.9 Å². The van der Waals surface area contributed by atoms with Crippen molar-refractivity contribution in [2.45, 2.75) is 39.2 Å². The molecule has 6 heteroatoms. The van der Waals surface area contributed by atoms with E-state index in [9.17, 15) is 9.18 Å². The van der Waals surface area contributed by atoms with Crippen LogP contribution in [-0.4, -0.2) is 22.7 Å². The fourth-order valence-corrected chi connectivity index (χ4v) is 2.50. The monoisotopic (exact) mass is 331 g/mol. The molecule has 5 nitrogen and oxygen atoms in total. The van der Waals surface area contributed by atoms with Crippen LogP contribution in [0.5, 0.6) is 5.75 Å². The Kier molecular flexibility index (Phi) is 4.83. The summed E-state index contributed by atoms with van der Waals surface area (Å²) in [7, 11) is 0. The molecule has 1 heterocycles. The highest BCUT2D eigenvalue weighted by Crippen LogP contribution is 2.30. The number of nitrogens with one attached hydrogen (secondary N) is 2. The molecule has 24 heavy (non-hydrogen) atoms. The molecule has 1 aromatic carbocycles. The van der Waals surface area contributed by atoms with Crippen LogP contribution in [0.4, 0.5) is 4.39 Å². The zero-order valence-corrected chi connectivity index (χ0v) is 13.9. The molecule has 1 fully saturated rings. The minimum atomic E-state index is -0.392. The van der Waals surface area contributed by atoms with Crippen molar-refractivity contribution >= 4 is 5.91 Å². The van der Waals surface area contributed by atoms with Crippen molar-refractivity contribution in [2.75, 3.05) is 6.61 Å². The van der Waals surface area contributed by atoms with Gasteiger partial charge in [-0.25, -0.2) is 4.39 Å². The lowest BCUT2D eigenvalue weighted by molar-refractivity contribution is -0.121. The summed E-state index contributed by atoms with van der Waals surface area (Å²) in [6, 6.07) is 6.38. The Labute approximate surface area is 140 Å². The topological polar surface area (TPSA) is 67.0 Å². The lowest BCUT2D eigenvalue weighted by Gasteiger charge is -2.15. The van der Waals surface area contributed by atoms with Gasteiger partial charge >= 0.3 is 0 Å². The summed E-state index contributed by atoms with van der Waals surface area (Å²) in [5.41, 5.74) is 2.31. The molecule has 1 aromatic heterocycles. The predicted molar refractivity (Wildman–Crippen MR) is 88.2 cm³/mol. The number of carbonyl (C=O) groups is 1. The molecule has 0 saturated heterocycles. The Morgan fingerprint density at radius 2 is 2.25 bits per heavy atom. The van der Waals surface area contributed by atoms with Crippen LogP contribution in [0, 0.1) is 18.7 Å². The molecule has 2 N–H and O–H groups in total. The number of carbonyl (C=O) groups excluding carboxylic acids is 1. The summed E-state index contributed by atoms with van der Waals surface area (Å²) in [5, 5.41) is 9.70. The number of aromatic amines is 1. The number of aryl methyl sites for hydroxylation is 1. The first-order valence-electron chi connectivity index (χ1n) is 8.24. The van der Waals surface area contributed by atoms with E-state index in [4.69, 9.17) is 4.74 Å². The molecule has 2 aromatic rings. The summed E-state index contributed by atoms with van der Waals surface area (Å²) in [4.78, 5) is 12.1. The molecule has 1 saturated carbocycles. The largest absolute Gasteiger partial charge is 0.490 e. The van der Waals surface area contributed by atoms with Gasteiger partial charge in [0.2, 0.25) is 5.91 Å².